The highest BCUT2D eigenvalue weighted by Crippen LogP contribution is 2.42. The summed E-state index contributed by atoms with van der Waals surface area (Å²) in [5.41, 5.74) is 0.349. The van der Waals surface area contributed by atoms with Gasteiger partial charge >= 0.3 is 0 Å². The van der Waals surface area contributed by atoms with Gasteiger partial charge in [-0.15, -0.1) is 5.26 Å². The second kappa shape index (κ2) is 4.06. The van der Waals surface area contributed by atoms with Crippen LogP contribution in [-0.2, 0) is 3.79 Å². The van der Waals surface area contributed by atoms with Crippen LogP contribution >= 0.6 is 34.8 Å². The third-order valence-electron chi connectivity index (χ3n) is 1.35. The predicted octanol–water partition coefficient (Wildman–Crippen LogP) is 3.37. The monoisotopic (exact) mass is 235 g/mol. The molecule has 0 bridgehead atoms. The number of nitriles is 1. The molecule has 13 heavy (non-hydrogen) atoms. The first kappa shape index (κ1) is 10.5. The van der Waals surface area contributed by atoms with Crippen LogP contribution in [-0.4, -0.2) is 0 Å². The third kappa shape index (κ3) is 2.67. The zero-order valence-electron chi connectivity index (χ0n) is 6.30. The first-order valence-corrected chi connectivity index (χ1v) is 4.41. The largest absolute Gasteiger partial charge is 0.388 e. The maximum absolute atomic E-state index is 8.31. The minimum atomic E-state index is -1.58. The molecule has 0 saturated heterocycles. The second-order valence-electron chi connectivity index (χ2n) is 2.19. The van der Waals surface area contributed by atoms with Crippen LogP contribution in [0.5, 0.6) is 5.75 Å². The summed E-state index contributed by atoms with van der Waals surface area (Å²) in [5.74, 6) is 0.255. The van der Waals surface area contributed by atoms with Crippen LogP contribution in [0.2, 0.25) is 0 Å². The Hall–Kier alpha value is -0.620. The Morgan fingerprint density at radius 3 is 2.38 bits per heavy atom. The van der Waals surface area contributed by atoms with Crippen LogP contribution in [0.15, 0.2) is 24.3 Å². The molecule has 0 N–H and O–H groups in total. The van der Waals surface area contributed by atoms with Crippen molar-refractivity contribution < 1.29 is 4.74 Å². The van der Waals surface area contributed by atoms with E-state index >= 15 is 0 Å². The molecule has 0 radical (unpaired) electrons. The van der Waals surface area contributed by atoms with Crippen molar-refractivity contribution in [3.63, 3.8) is 0 Å². The molecule has 0 aliphatic carbocycles. The maximum Gasteiger partial charge on any atom is 0.292 e. The van der Waals surface area contributed by atoms with Crippen molar-refractivity contribution in [2.75, 3.05) is 0 Å². The Bertz CT molecular complexity index is 340. The minimum absolute atomic E-state index is 0.255. The van der Waals surface area contributed by atoms with E-state index in [4.69, 9.17) is 40.1 Å². The lowest BCUT2D eigenvalue weighted by molar-refractivity contribution is 0.501. The standard InChI is InChI=1S/C8H4Cl3NO/c9-8(10,11)6-3-1-2-4-7(6)13-5-12/h1-4H. The molecule has 2 nitrogen and oxygen atoms in total. The lowest BCUT2D eigenvalue weighted by Gasteiger charge is -2.13. The van der Waals surface area contributed by atoms with E-state index in [1.807, 2.05) is 0 Å². The van der Waals surface area contributed by atoms with E-state index in [0.717, 1.165) is 0 Å². The molecule has 0 aromatic heterocycles. The highest BCUT2D eigenvalue weighted by molar-refractivity contribution is 6.66. The van der Waals surface area contributed by atoms with Crippen LogP contribution < -0.4 is 4.74 Å². The molecule has 0 fully saturated rings. The van der Waals surface area contributed by atoms with Crippen molar-refractivity contribution in [1.29, 1.82) is 5.26 Å². The highest BCUT2D eigenvalue weighted by Gasteiger charge is 2.26. The number of benzene rings is 1. The van der Waals surface area contributed by atoms with Gasteiger partial charge in [0, 0.05) is 5.56 Å². The Kier molecular flexibility index (Phi) is 3.27. The third-order valence-corrected chi connectivity index (χ3v) is 1.96. The van der Waals surface area contributed by atoms with Gasteiger partial charge in [0.05, 0.1) is 0 Å². The van der Waals surface area contributed by atoms with E-state index in [2.05, 4.69) is 4.74 Å². The lowest BCUT2D eigenvalue weighted by atomic mass is 10.2. The molecule has 1 aromatic rings. The number of ether oxygens (including phenoxy) is 1. The first-order valence-electron chi connectivity index (χ1n) is 3.28. The van der Waals surface area contributed by atoms with Crippen molar-refractivity contribution in [3.05, 3.63) is 29.8 Å². The number of nitrogens with zero attached hydrogens (tertiary/aromatic N) is 1. The van der Waals surface area contributed by atoms with Crippen molar-refractivity contribution in [2.45, 2.75) is 3.79 Å². The quantitative estimate of drug-likeness (QED) is 0.553. The fourth-order valence-corrected chi connectivity index (χ4v) is 1.31. The molecule has 1 rings (SSSR count). The SMILES string of the molecule is N#COc1ccccc1C(Cl)(Cl)Cl. The van der Waals surface area contributed by atoms with Crippen molar-refractivity contribution in [1.82, 2.24) is 0 Å². The van der Waals surface area contributed by atoms with Gasteiger partial charge in [0.25, 0.3) is 6.26 Å². The molecule has 0 saturated carbocycles. The molecule has 68 valence electrons. The Morgan fingerprint density at radius 1 is 1.23 bits per heavy atom. The average Bonchev–Trinajstić information content (AvgIpc) is 2.04. The summed E-state index contributed by atoms with van der Waals surface area (Å²) in [5, 5.41) is 8.31. The van der Waals surface area contributed by atoms with E-state index in [1.165, 1.54) is 6.26 Å². The predicted molar refractivity (Wildman–Crippen MR) is 51.9 cm³/mol. The molecule has 0 amide bonds. The minimum Gasteiger partial charge on any atom is -0.388 e. The van der Waals surface area contributed by atoms with Gasteiger partial charge in [0.2, 0.25) is 3.79 Å². The molecular formula is C8H4Cl3NO. The summed E-state index contributed by atoms with van der Waals surface area (Å²) in [7, 11) is 0. The van der Waals surface area contributed by atoms with Crippen LogP contribution in [0.4, 0.5) is 0 Å². The fourth-order valence-electron chi connectivity index (χ4n) is 0.839. The zero-order valence-corrected chi connectivity index (χ0v) is 8.57. The highest BCUT2D eigenvalue weighted by atomic mass is 35.6. The number of halogens is 3. The van der Waals surface area contributed by atoms with Crippen LogP contribution in [0.25, 0.3) is 0 Å². The van der Waals surface area contributed by atoms with Crippen molar-refractivity contribution in [3.8, 4) is 12.0 Å². The number of hydrogen-bond donors (Lipinski definition) is 0. The summed E-state index contributed by atoms with van der Waals surface area (Å²) in [4.78, 5) is 0. The van der Waals surface area contributed by atoms with E-state index in [1.54, 1.807) is 24.3 Å². The maximum atomic E-state index is 8.31. The smallest absolute Gasteiger partial charge is 0.292 e. The molecule has 0 spiro atoms. The number of hydrogen-bond acceptors (Lipinski definition) is 2. The van der Waals surface area contributed by atoms with Gasteiger partial charge in [-0.05, 0) is 6.07 Å². The van der Waals surface area contributed by atoms with Crippen LogP contribution in [0, 0.1) is 11.5 Å². The normalized spacial score (nSPS) is 10.6. The van der Waals surface area contributed by atoms with Crippen molar-refractivity contribution >= 4 is 34.8 Å². The van der Waals surface area contributed by atoms with Gasteiger partial charge in [-0.3, -0.25) is 0 Å². The Morgan fingerprint density at radius 2 is 1.85 bits per heavy atom. The molecule has 0 atom stereocenters. The van der Waals surface area contributed by atoms with E-state index in [-0.39, 0.29) is 5.75 Å². The van der Waals surface area contributed by atoms with Gasteiger partial charge < -0.3 is 4.74 Å². The fraction of sp³-hybridized carbons (Fsp3) is 0.125. The Labute approximate surface area is 90.6 Å². The lowest BCUT2D eigenvalue weighted by Crippen LogP contribution is -2.02. The molecular weight excluding hydrogens is 232 g/mol. The molecule has 5 heteroatoms. The summed E-state index contributed by atoms with van der Waals surface area (Å²) in [6.45, 7) is 0. The van der Waals surface area contributed by atoms with E-state index in [0.29, 0.717) is 5.56 Å². The van der Waals surface area contributed by atoms with Gasteiger partial charge in [0.1, 0.15) is 5.75 Å². The average molecular weight is 236 g/mol. The van der Waals surface area contributed by atoms with E-state index < -0.39 is 3.79 Å². The molecule has 0 aliphatic rings. The molecule has 0 unspecified atom stereocenters. The van der Waals surface area contributed by atoms with Gasteiger partial charge in [0.15, 0.2) is 0 Å². The number of para-hydroxylation sites is 1. The summed E-state index contributed by atoms with van der Waals surface area (Å²) < 4.78 is 3.04. The number of alkyl halides is 3. The molecule has 0 heterocycles. The van der Waals surface area contributed by atoms with Gasteiger partial charge in [-0.1, -0.05) is 53.0 Å². The zero-order chi connectivity index (χ0) is 9.90. The van der Waals surface area contributed by atoms with Crippen LogP contribution in [0.3, 0.4) is 0 Å². The van der Waals surface area contributed by atoms with Gasteiger partial charge in [-0.25, -0.2) is 0 Å². The summed E-state index contributed by atoms with van der Waals surface area (Å²) in [6.07, 6.45) is 1.52. The van der Waals surface area contributed by atoms with Gasteiger partial charge in [-0.2, -0.15) is 0 Å². The summed E-state index contributed by atoms with van der Waals surface area (Å²) >= 11 is 16.9. The topological polar surface area (TPSA) is 33.0 Å². The summed E-state index contributed by atoms with van der Waals surface area (Å²) in [6, 6.07) is 6.52. The molecule has 0 aliphatic heterocycles. The first-order chi connectivity index (χ1) is 6.05. The van der Waals surface area contributed by atoms with Crippen LogP contribution in [0.1, 0.15) is 5.56 Å². The number of rotatable bonds is 1. The Balaban J connectivity index is 3.14. The second-order valence-corrected chi connectivity index (χ2v) is 4.47. The van der Waals surface area contributed by atoms with E-state index in [9.17, 15) is 0 Å². The molecule has 1 aromatic carbocycles. The van der Waals surface area contributed by atoms with Crippen molar-refractivity contribution in [2.24, 2.45) is 0 Å².